The Labute approximate surface area is 57.3 Å². The van der Waals surface area contributed by atoms with Crippen molar-refractivity contribution in [1.29, 1.82) is 0 Å². The Morgan fingerprint density at radius 3 is 3.56 bits per heavy atom. The summed E-state index contributed by atoms with van der Waals surface area (Å²) in [6, 6.07) is 0. The standard InChI is InChI=1S/C6H5NOS/c1-2-5-6(8-3-1)7-4-9-5/h1-3H,4H2. The number of aliphatic imine (C=N–C) groups is 1. The summed E-state index contributed by atoms with van der Waals surface area (Å²) in [5.41, 5.74) is 0. The molecule has 0 bridgehead atoms. The Kier molecular flexibility index (Phi) is 1.09. The fourth-order valence-electron chi connectivity index (χ4n) is 0.745. The van der Waals surface area contributed by atoms with Gasteiger partial charge in [0.15, 0.2) is 0 Å². The normalized spacial score (nSPS) is 22.2. The van der Waals surface area contributed by atoms with Crippen LogP contribution in [0.1, 0.15) is 0 Å². The summed E-state index contributed by atoms with van der Waals surface area (Å²) >= 11 is 1.71. The van der Waals surface area contributed by atoms with Crippen molar-refractivity contribution in [2.24, 2.45) is 4.99 Å². The molecular formula is C6H5NOS. The lowest BCUT2D eigenvalue weighted by molar-refractivity contribution is 0.472. The van der Waals surface area contributed by atoms with Gasteiger partial charge in [0.2, 0.25) is 5.90 Å². The van der Waals surface area contributed by atoms with Gasteiger partial charge in [0, 0.05) is 0 Å². The van der Waals surface area contributed by atoms with Gasteiger partial charge in [-0.15, -0.1) is 0 Å². The molecule has 0 radical (unpaired) electrons. The van der Waals surface area contributed by atoms with Crippen LogP contribution in [-0.2, 0) is 4.74 Å². The lowest BCUT2D eigenvalue weighted by Gasteiger charge is -2.02. The number of nitrogens with zero attached hydrogens (tertiary/aromatic N) is 1. The van der Waals surface area contributed by atoms with Crippen molar-refractivity contribution in [2.45, 2.75) is 0 Å². The molecule has 0 fully saturated rings. The summed E-state index contributed by atoms with van der Waals surface area (Å²) in [7, 11) is 0. The first kappa shape index (κ1) is 5.11. The van der Waals surface area contributed by atoms with Crippen LogP contribution in [0.4, 0.5) is 0 Å². The zero-order valence-electron chi connectivity index (χ0n) is 4.70. The van der Waals surface area contributed by atoms with Crippen LogP contribution in [-0.4, -0.2) is 11.8 Å². The fraction of sp³-hybridized carbons (Fsp3) is 0.167. The second kappa shape index (κ2) is 1.92. The van der Waals surface area contributed by atoms with E-state index in [9.17, 15) is 0 Å². The lowest BCUT2D eigenvalue weighted by Crippen LogP contribution is -1.99. The molecule has 2 aliphatic heterocycles. The van der Waals surface area contributed by atoms with Crippen LogP contribution in [0.25, 0.3) is 0 Å². The van der Waals surface area contributed by atoms with Crippen molar-refractivity contribution in [3.63, 3.8) is 0 Å². The molecule has 3 heteroatoms. The highest BCUT2D eigenvalue weighted by atomic mass is 32.2. The Bertz CT molecular complexity index is 217. The van der Waals surface area contributed by atoms with Crippen molar-refractivity contribution in [1.82, 2.24) is 0 Å². The van der Waals surface area contributed by atoms with E-state index in [4.69, 9.17) is 4.74 Å². The van der Waals surface area contributed by atoms with Crippen LogP contribution in [0.3, 0.4) is 0 Å². The van der Waals surface area contributed by atoms with Gasteiger partial charge in [0.05, 0.1) is 17.0 Å². The summed E-state index contributed by atoms with van der Waals surface area (Å²) in [6.45, 7) is 0. The number of allylic oxidation sites excluding steroid dienone is 2. The Hall–Kier alpha value is -0.700. The predicted molar refractivity (Wildman–Crippen MR) is 38.2 cm³/mol. The largest absolute Gasteiger partial charge is 0.446 e. The number of hydrogen-bond donors (Lipinski definition) is 0. The molecule has 0 unspecified atom stereocenters. The highest BCUT2D eigenvalue weighted by molar-refractivity contribution is 8.04. The minimum Gasteiger partial charge on any atom is -0.446 e. The summed E-state index contributed by atoms with van der Waals surface area (Å²) in [5.74, 6) is 1.59. The summed E-state index contributed by atoms with van der Waals surface area (Å²) in [6.07, 6.45) is 5.54. The monoisotopic (exact) mass is 139 g/mol. The molecule has 0 aliphatic carbocycles. The van der Waals surface area contributed by atoms with Crippen molar-refractivity contribution in [3.8, 4) is 0 Å². The predicted octanol–water partition coefficient (Wildman–Crippen LogP) is 1.52. The highest BCUT2D eigenvalue weighted by Gasteiger charge is 2.15. The Morgan fingerprint density at radius 1 is 1.67 bits per heavy atom. The quantitative estimate of drug-likeness (QED) is 0.507. The molecule has 46 valence electrons. The number of ether oxygens (including phenoxy) is 1. The van der Waals surface area contributed by atoms with Gasteiger partial charge in [0.25, 0.3) is 0 Å². The van der Waals surface area contributed by atoms with E-state index in [0.29, 0.717) is 0 Å². The SMILES string of the molecule is C1=COC2=NCSC2=C1. The first-order valence-electron chi connectivity index (χ1n) is 2.68. The van der Waals surface area contributed by atoms with Gasteiger partial charge in [-0.2, -0.15) is 0 Å². The van der Waals surface area contributed by atoms with Crippen molar-refractivity contribution < 1.29 is 4.74 Å². The maximum atomic E-state index is 5.08. The molecule has 0 saturated carbocycles. The third-order valence-electron chi connectivity index (χ3n) is 1.14. The molecular weight excluding hydrogens is 134 g/mol. The van der Waals surface area contributed by atoms with E-state index in [1.165, 1.54) is 0 Å². The number of fused-ring (bicyclic) bond motifs is 1. The molecule has 0 atom stereocenters. The van der Waals surface area contributed by atoms with Crippen molar-refractivity contribution >= 4 is 17.7 Å². The summed E-state index contributed by atoms with van der Waals surface area (Å²) in [5, 5.41) is 0. The van der Waals surface area contributed by atoms with Crippen LogP contribution in [0.5, 0.6) is 0 Å². The van der Waals surface area contributed by atoms with Crippen LogP contribution < -0.4 is 0 Å². The lowest BCUT2D eigenvalue weighted by atomic mass is 10.4. The van der Waals surface area contributed by atoms with Crippen molar-refractivity contribution in [3.05, 3.63) is 23.3 Å². The van der Waals surface area contributed by atoms with E-state index in [2.05, 4.69) is 4.99 Å². The minimum absolute atomic E-state index is 0.780. The molecule has 0 spiro atoms. The molecule has 0 N–H and O–H groups in total. The zero-order chi connectivity index (χ0) is 6.10. The molecule has 0 aromatic heterocycles. The Balaban J connectivity index is 2.37. The molecule has 2 rings (SSSR count). The first-order chi connectivity index (χ1) is 4.47. The van der Waals surface area contributed by atoms with Gasteiger partial charge in [0.1, 0.15) is 0 Å². The van der Waals surface area contributed by atoms with Gasteiger partial charge < -0.3 is 4.74 Å². The average molecular weight is 139 g/mol. The number of rotatable bonds is 0. The van der Waals surface area contributed by atoms with Gasteiger partial charge in [-0.3, -0.25) is 0 Å². The molecule has 9 heavy (non-hydrogen) atoms. The molecule has 0 aromatic rings. The van der Waals surface area contributed by atoms with Gasteiger partial charge in [-0.1, -0.05) is 11.8 Å². The molecule has 0 saturated heterocycles. The van der Waals surface area contributed by atoms with E-state index in [1.54, 1.807) is 18.0 Å². The van der Waals surface area contributed by atoms with Crippen molar-refractivity contribution in [2.75, 3.05) is 5.88 Å². The fourth-order valence-corrected chi connectivity index (χ4v) is 1.48. The molecule has 2 aliphatic rings. The van der Waals surface area contributed by atoms with Crippen LogP contribution in [0.15, 0.2) is 28.3 Å². The molecule has 2 nitrogen and oxygen atoms in total. The second-order valence-electron chi connectivity index (χ2n) is 1.71. The van der Waals surface area contributed by atoms with E-state index < -0.39 is 0 Å². The minimum atomic E-state index is 0.780. The second-order valence-corrected chi connectivity index (χ2v) is 2.70. The Morgan fingerprint density at radius 2 is 2.67 bits per heavy atom. The van der Waals surface area contributed by atoms with E-state index in [0.717, 1.165) is 16.7 Å². The maximum absolute atomic E-state index is 5.08. The molecule has 2 heterocycles. The third kappa shape index (κ3) is 0.772. The summed E-state index contributed by atoms with van der Waals surface area (Å²) < 4.78 is 5.08. The third-order valence-corrected chi connectivity index (χ3v) is 2.02. The van der Waals surface area contributed by atoms with Crippen LogP contribution in [0.2, 0.25) is 0 Å². The average Bonchev–Trinajstić information content (AvgIpc) is 2.33. The van der Waals surface area contributed by atoms with Crippen LogP contribution >= 0.6 is 11.8 Å². The molecule has 0 aromatic carbocycles. The van der Waals surface area contributed by atoms with Crippen LogP contribution in [0, 0.1) is 0 Å². The first-order valence-corrected chi connectivity index (χ1v) is 3.66. The highest BCUT2D eigenvalue weighted by Crippen LogP contribution is 2.26. The number of hydrogen-bond acceptors (Lipinski definition) is 3. The maximum Gasteiger partial charge on any atom is 0.228 e. The van der Waals surface area contributed by atoms with Gasteiger partial charge in [-0.25, -0.2) is 4.99 Å². The zero-order valence-corrected chi connectivity index (χ0v) is 5.52. The topological polar surface area (TPSA) is 21.6 Å². The van der Waals surface area contributed by atoms with E-state index in [-0.39, 0.29) is 0 Å². The van der Waals surface area contributed by atoms with E-state index >= 15 is 0 Å². The number of thioether (sulfide) groups is 1. The smallest absolute Gasteiger partial charge is 0.228 e. The van der Waals surface area contributed by atoms with E-state index in [1.807, 2.05) is 12.2 Å². The van der Waals surface area contributed by atoms with Gasteiger partial charge in [-0.05, 0) is 12.2 Å². The molecule has 0 amide bonds. The summed E-state index contributed by atoms with van der Waals surface area (Å²) in [4.78, 5) is 5.25. The van der Waals surface area contributed by atoms with Gasteiger partial charge >= 0.3 is 0 Å².